The molecule has 2 rings (SSSR count). The monoisotopic (exact) mass is 293 g/mol. The molecular weight excluding hydrogens is 274 g/mol. The number of nitro groups is 1. The van der Waals surface area contributed by atoms with Crippen molar-refractivity contribution in [3.8, 4) is 0 Å². The molecule has 1 unspecified atom stereocenters. The average molecular weight is 293 g/mol. The Morgan fingerprint density at radius 3 is 2.48 bits per heavy atom. The number of carbonyl (C=O) groups is 1. The molecule has 1 aromatic rings. The zero-order valence-corrected chi connectivity index (χ0v) is 12.2. The summed E-state index contributed by atoms with van der Waals surface area (Å²) in [6.45, 7) is 6.20. The Kier molecular flexibility index (Phi) is 4.42. The van der Waals surface area contributed by atoms with Gasteiger partial charge in [0.2, 0.25) is 0 Å². The second-order valence-corrected chi connectivity index (χ2v) is 5.27. The van der Waals surface area contributed by atoms with Gasteiger partial charge in [0.1, 0.15) is 6.04 Å². The molecule has 0 bridgehead atoms. The van der Waals surface area contributed by atoms with E-state index in [4.69, 9.17) is 5.11 Å². The normalized spacial score (nSPS) is 17.5. The molecule has 1 aliphatic heterocycles. The molecule has 1 heterocycles. The molecule has 21 heavy (non-hydrogen) atoms. The summed E-state index contributed by atoms with van der Waals surface area (Å²) in [5, 5.41) is 19.9. The minimum absolute atomic E-state index is 0.0805. The van der Waals surface area contributed by atoms with E-state index in [9.17, 15) is 14.9 Å². The summed E-state index contributed by atoms with van der Waals surface area (Å²) in [7, 11) is 0. The van der Waals surface area contributed by atoms with Gasteiger partial charge in [0.15, 0.2) is 0 Å². The molecule has 1 aromatic carbocycles. The molecule has 114 valence electrons. The predicted molar refractivity (Wildman–Crippen MR) is 78.7 cm³/mol. The van der Waals surface area contributed by atoms with E-state index >= 15 is 0 Å². The topological polar surface area (TPSA) is 86.9 Å². The lowest BCUT2D eigenvalue weighted by Crippen LogP contribution is -2.51. The van der Waals surface area contributed by atoms with Crippen LogP contribution in [0.4, 0.5) is 11.4 Å². The van der Waals surface area contributed by atoms with Crippen LogP contribution in [0.25, 0.3) is 0 Å². The molecule has 7 heteroatoms. The van der Waals surface area contributed by atoms with Crippen LogP contribution in [0.15, 0.2) is 18.2 Å². The van der Waals surface area contributed by atoms with Gasteiger partial charge in [0.05, 0.1) is 4.92 Å². The van der Waals surface area contributed by atoms with Crippen LogP contribution in [-0.4, -0.2) is 53.1 Å². The summed E-state index contributed by atoms with van der Waals surface area (Å²) in [5.74, 6) is -0.824. The summed E-state index contributed by atoms with van der Waals surface area (Å²) in [5.41, 5.74) is 1.92. The zero-order chi connectivity index (χ0) is 15.6. The molecule has 1 aliphatic rings. The number of hydrogen-bond donors (Lipinski definition) is 1. The van der Waals surface area contributed by atoms with E-state index in [1.807, 2.05) is 11.8 Å². The third-order valence-corrected chi connectivity index (χ3v) is 3.96. The molecule has 0 saturated carbocycles. The molecule has 0 aliphatic carbocycles. The molecule has 7 nitrogen and oxygen atoms in total. The summed E-state index contributed by atoms with van der Waals surface area (Å²) in [4.78, 5) is 25.5. The summed E-state index contributed by atoms with van der Waals surface area (Å²) >= 11 is 0. The molecule has 0 amide bonds. The van der Waals surface area contributed by atoms with Gasteiger partial charge in [-0.25, -0.2) is 0 Å². The number of carboxylic acid groups (broad SMARTS) is 1. The number of carboxylic acids is 1. The Morgan fingerprint density at radius 1 is 1.33 bits per heavy atom. The van der Waals surface area contributed by atoms with Crippen LogP contribution in [0.3, 0.4) is 0 Å². The Labute approximate surface area is 122 Å². The summed E-state index contributed by atoms with van der Waals surface area (Å²) < 4.78 is 0. The lowest BCUT2D eigenvalue weighted by molar-refractivity contribution is -0.384. The third kappa shape index (κ3) is 3.30. The molecule has 0 radical (unpaired) electrons. The van der Waals surface area contributed by atoms with E-state index in [1.165, 1.54) is 6.07 Å². The Hall–Kier alpha value is -2.15. The molecule has 1 fully saturated rings. The van der Waals surface area contributed by atoms with E-state index in [0.29, 0.717) is 26.2 Å². The van der Waals surface area contributed by atoms with Gasteiger partial charge in [0, 0.05) is 44.0 Å². The van der Waals surface area contributed by atoms with Gasteiger partial charge < -0.3 is 10.0 Å². The van der Waals surface area contributed by atoms with Crippen molar-refractivity contribution >= 4 is 17.3 Å². The molecular formula is C14H19N3O4. The van der Waals surface area contributed by atoms with Crippen LogP contribution in [0.1, 0.15) is 12.5 Å². The number of rotatable bonds is 4. The van der Waals surface area contributed by atoms with Crippen LogP contribution in [0, 0.1) is 17.0 Å². The number of benzene rings is 1. The lowest BCUT2D eigenvalue weighted by Gasteiger charge is -2.38. The number of nitrogens with zero attached hydrogens (tertiary/aromatic N) is 3. The largest absolute Gasteiger partial charge is 0.480 e. The maximum atomic E-state index is 11.0. The summed E-state index contributed by atoms with van der Waals surface area (Å²) in [6, 6.07) is 4.34. The van der Waals surface area contributed by atoms with E-state index in [0.717, 1.165) is 11.3 Å². The quantitative estimate of drug-likeness (QED) is 0.668. The number of piperazine rings is 1. The van der Waals surface area contributed by atoms with Gasteiger partial charge in [-0.05, 0) is 19.4 Å². The Bertz CT molecular complexity index is 553. The predicted octanol–water partition coefficient (Wildman–Crippen LogP) is 1.50. The highest BCUT2D eigenvalue weighted by atomic mass is 16.6. The van der Waals surface area contributed by atoms with E-state index < -0.39 is 16.9 Å². The first-order chi connectivity index (χ1) is 9.90. The average Bonchev–Trinajstić information content (AvgIpc) is 2.47. The number of aryl methyl sites for hydroxylation is 1. The maximum absolute atomic E-state index is 11.0. The molecule has 0 aromatic heterocycles. The van der Waals surface area contributed by atoms with Crippen molar-refractivity contribution in [3.05, 3.63) is 33.9 Å². The van der Waals surface area contributed by atoms with Gasteiger partial charge in [-0.2, -0.15) is 0 Å². The van der Waals surface area contributed by atoms with Gasteiger partial charge >= 0.3 is 5.97 Å². The van der Waals surface area contributed by atoms with E-state index in [1.54, 1.807) is 19.1 Å². The Balaban J connectivity index is 2.10. The lowest BCUT2D eigenvalue weighted by atomic mass is 10.1. The Morgan fingerprint density at radius 2 is 1.95 bits per heavy atom. The molecule has 1 atom stereocenters. The van der Waals surface area contributed by atoms with Gasteiger partial charge in [-0.3, -0.25) is 19.8 Å². The zero-order valence-electron chi connectivity index (χ0n) is 12.2. The highest BCUT2D eigenvalue weighted by Gasteiger charge is 2.26. The second-order valence-electron chi connectivity index (χ2n) is 5.27. The van der Waals surface area contributed by atoms with Crippen molar-refractivity contribution in [2.24, 2.45) is 0 Å². The standard InChI is InChI=1S/C14H19N3O4/c1-10-3-4-12(17(20)21)9-13(10)16-7-5-15(6-8-16)11(2)14(18)19/h3-4,9,11H,5-8H2,1-2H3,(H,18,19). The van der Waals surface area contributed by atoms with E-state index in [-0.39, 0.29) is 5.69 Å². The highest BCUT2D eigenvalue weighted by Crippen LogP contribution is 2.26. The molecule has 0 spiro atoms. The first kappa shape index (κ1) is 15.2. The van der Waals surface area contributed by atoms with Crippen molar-refractivity contribution in [2.75, 3.05) is 31.1 Å². The molecule has 1 saturated heterocycles. The number of hydrogen-bond acceptors (Lipinski definition) is 5. The van der Waals surface area contributed by atoms with Crippen molar-refractivity contribution in [3.63, 3.8) is 0 Å². The first-order valence-electron chi connectivity index (χ1n) is 6.87. The maximum Gasteiger partial charge on any atom is 0.320 e. The number of non-ortho nitro benzene ring substituents is 1. The second kappa shape index (κ2) is 6.09. The van der Waals surface area contributed by atoms with E-state index in [2.05, 4.69) is 4.90 Å². The van der Waals surface area contributed by atoms with Gasteiger partial charge in [-0.15, -0.1) is 0 Å². The van der Waals surface area contributed by atoms with Crippen LogP contribution in [0.5, 0.6) is 0 Å². The van der Waals surface area contributed by atoms with Crippen molar-refractivity contribution in [1.29, 1.82) is 0 Å². The van der Waals surface area contributed by atoms with Crippen LogP contribution >= 0.6 is 0 Å². The fraction of sp³-hybridized carbons (Fsp3) is 0.500. The molecule has 1 N–H and O–H groups in total. The number of nitro benzene ring substituents is 1. The van der Waals surface area contributed by atoms with Crippen LogP contribution in [0.2, 0.25) is 0 Å². The highest BCUT2D eigenvalue weighted by molar-refractivity contribution is 5.73. The van der Waals surface area contributed by atoms with Gasteiger partial charge in [0.25, 0.3) is 5.69 Å². The number of aliphatic carboxylic acids is 1. The van der Waals surface area contributed by atoms with Crippen LogP contribution < -0.4 is 4.90 Å². The fourth-order valence-corrected chi connectivity index (χ4v) is 2.56. The first-order valence-corrected chi connectivity index (χ1v) is 6.87. The SMILES string of the molecule is Cc1ccc([N+](=O)[O-])cc1N1CCN(C(C)C(=O)O)CC1. The minimum atomic E-state index is -0.824. The van der Waals surface area contributed by atoms with Gasteiger partial charge in [-0.1, -0.05) is 6.07 Å². The third-order valence-electron chi connectivity index (χ3n) is 3.96. The summed E-state index contributed by atoms with van der Waals surface area (Å²) in [6.07, 6.45) is 0. The number of anilines is 1. The fourth-order valence-electron chi connectivity index (χ4n) is 2.56. The smallest absolute Gasteiger partial charge is 0.320 e. The van der Waals surface area contributed by atoms with Crippen molar-refractivity contribution in [2.45, 2.75) is 19.9 Å². The van der Waals surface area contributed by atoms with Crippen molar-refractivity contribution in [1.82, 2.24) is 4.90 Å². The minimum Gasteiger partial charge on any atom is -0.480 e. The van der Waals surface area contributed by atoms with Crippen LogP contribution in [-0.2, 0) is 4.79 Å². The van der Waals surface area contributed by atoms with Crippen molar-refractivity contribution < 1.29 is 14.8 Å².